The maximum absolute atomic E-state index is 6.23. The first kappa shape index (κ1) is 16.1. The molecule has 0 bridgehead atoms. The average Bonchev–Trinajstić information content (AvgIpc) is 2.93. The quantitative estimate of drug-likeness (QED) is 0.678. The molecule has 1 aliphatic carbocycles. The van der Waals surface area contributed by atoms with Crippen LogP contribution in [0.3, 0.4) is 0 Å². The first-order valence-corrected chi connectivity index (χ1v) is 8.57. The lowest BCUT2D eigenvalue weighted by Crippen LogP contribution is -2.36. The molecular formula is C17H25Cl2N. The van der Waals surface area contributed by atoms with Crippen LogP contribution in [0.4, 0.5) is 0 Å². The molecule has 0 heterocycles. The molecule has 0 aliphatic heterocycles. The van der Waals surface area contributed by atoms with Gasteiger partial charge in [-0.3, -0.25) is 0 Å². The third-order valence-electron chi connectivity index (χ3n) is 4.79. The van der Waals surface area contributed by atoms with Crippen LogP contribution in [-0.4, -0.2) is 6.54 Å². The van der Waals surface area contributed by atoms with E-state index in [1.807, 2.05) is 12.1 Å². The van der Waals surface area contributed by atoms with Crippen LogP contribution in [0.5, 0.6) is 0 Å². The molecule has 1 saturated carbocycles. The number of benzene rings is 1. The molecule has 2 rings (SSSR count). The Morgan fingerprint density at radius 1 is 1.15 bits per heavy atom. The molecule has 1 atom stereocenters. The average molecular weight is 314 g/mol. The van der Waals surface area contributed by atoms with Crippen LogP contribution in [0.1, 0.15) is 64.0 Å². The fraction of sp³-hybridized carbons (Fsp3) is 0.647. The number of rotatable bonds is 6. The fourth-order valence-electron chi connectivity index (χ4n) is 3.59. The maximum Gasteiger partial charge on any atom is 0.0595 e. The van der Waals surface area contributed by atoms with Crippen molar-refractivity contribution in [3.8, 4) is 0 Å². The summed E-state index contributed by atoms with van der Waals surface area (Å²) in [6.45, 7) is 5.59. The topological polar surface area (TPSA) is 12.0 Å². The van der Waals surface area contributed by atoms with Crippen molar-refractivity contribution in [1.29, 1.82) is 0 Å². The van der Waals surface area contributed by atoms with E-state index in [4.69, 9.17) is 23.2 Å². The van der Waals surface area contributed by atoms with E-state index in [0.29, 0.717) is 21.5 Å². The largest absolute Gasteiger partial charge is 0.309 e. The van der Waals surface area contributed by atoms with Gasteiger partial charge in [0.05, 0.1) is 10.0 Å². The fourth-order valence-corrected chi connectivity index (χ4v) is 3.90. The van der Waals surface area contributed by atoms with E-state index in [1.54, 1.807) is 0 Å². The van der Waals surface area contributed by atoms with E-state index in [1.165, 1.54) is 37.7 Å². The van der Waals surface area contributed by atoms with Crippen molar-refractivity contribution in [3.63, 3.8) is 0 Å². The zero-order valence-corrected chi connectivity index (χ0v) is 14.0. The van der Waals surface area contributed by atoms with E-state index in [9.17, 15) is 0 Å². The van der Waals surface area contributed by atoms with Crippen LogP contribution < -0.4 is 5.32 Å². The lowest BCUT2D eigenvalue weighted by Gasteiger charge is -2.38. The van der Waals surface area contributed by atoms with Gasteiger partial charge in [0, 0.05) is 6.04 Å². The number of nitrogens with one attached hydrogen (secondary N) is 1. The third kappa shape index (κ3) is 3.32. The van der Waals surface area contributed by atoms with Gasteiger partial charge in [0.25, 0.3) is 0 Å². The van der Waals surface area contributed by atoms with Gasteiger partial charge in [-0.2, -0.15) is 0 Å². The third-order valence-corrected chi connectivity index (χ3v) is 5.53. The summed E-state index contributed by atoms with van der Waals surface area (Å²) in [6.07, 6.45) is 7.68. The molecule has 1 unspecified atom stereocenters. The van der Waals surface area contributed by atoms with Crippen molar-refractivity contribution in [2.75, 3.05) is 6.54 Å². The lowest BCUT2D eigenvalue weighted by molar-refractivity contribution is 0.187. The predicted molar refractivity (Wildman–Crippen MR) is 88.7 cm³/mol. The summed E-state index contributed by atoms with van der Waals surface area (Å²) in [5.74, 6) is 0. The Labute approximate surface area is 133 Å². The van der Waals surface area contributed by atoms with Gasteiger partial charge in [0.1, 0.15) is 0 Å². The second-order valence-electron chi connectivity index (χ2n) is 5.98. The first-order chi connectivity index (χ1) is 9.63. The monoisotopic (exact) mass is 313 g/mol. The van der Waals surface area contributed by atoms with E-state index in [2.05, 4.69) is 25.2 Å². The Morgan fingerprint density at radius 3 is 2.40 bits per heavy atom. The molecule has 112 valence electrons. The van der Waals surface area contributed by atoms with E-state index in [0.717, 1.165) is 13.0 Å². The zero-order chi connectivity index (χ0) is 14.6. The Bertz CT molecular complexity index is 439. The van der Waals surface area contributed by atoms with E-state index >= 15 is 0 Å². The van der Waals surface area contributed by atoms with Crippen LogP contribution in [0.25, 0.3) is 0 Å². The molecule has 0 saturated heterocycles. The second-order valence-corrected chi connectivity index (χ2v) is 6.80. The predicted octanol–water partition coefficient (Wildman–Crippen LogP) is 6.00. The summed E-state index contributed by atoms with van der Waals surface area (Å²) >= 11 is 12.3. The van der Waals surface area contributed by atoms with Crippen molar-refractivity contribution >= 4 is 23.2 Å². The summed E-state index contributed by atoms with van der Waals surface area (Å²) in [4.78, 5) is 0. The van der Waals surface area contributed by atoms with Crippen LogP contribution in [-0.2, 0) is 0 Å². The van der Waals surface area contributed by atoms with Crippen LogP contribution in [0.2, 0.25) is 10.0 Å². The Balaban J connectivity index is 2.32. The summed E-state index contributed by atoms with van der Waals surface area (Å²) in [6, 6.07) is 6.51. The van der Waals surface area contributed by atoms with Crippen molar-refractivity contribution in [2.24, 2.45) is 5.41 Å². The number of hydrogen-bond acceptors (Lipinski definition) is 1. The molecule has 1 N–H and O–H groups in total. The molecule has 1 aromatic rings. The van der Waals surface area contributed by atoms with Crippen molar-refractivity contribution in [2.45, 2.75) is 58.4 Å². The van der Waals surface area contributed by atoms with Crippen LogP contribution in [0.15, 0.2) is 18.2 Å². The SMILES string of the molecule is CCCNC(c1ccc(Cl)c(Cl)c1)C1(CC)CCCC1. The van der Waals surface area contributed by atoms with Gasteiger partial charge in [-0.05, 0) is 55.3 Å². The van der Waals surface area contributed by atoms with Gasteiger partial charge in [-0.1, -0.05) is 56.0 Å². The Hall–Kier alpha value is -0.240. The van der Waals surface area contributed by atoms with E-state index < -0.39 is 0 Å². The van der Waals surface area contributed by atoms with Gasteiger partial charge in [-0.15, -0.1) is 0 Å². The standard InChI is InChI=1S/C17H25Cl2N/c1-3-11-20-16(17(4-2)9-5-6-10-17)13-7-8-14(18)15(19)12-13/h7-8,12,16,20H,3-6,9-11H2,1-2H3. The molecule has 1 nitrogen and oxygen atoms in total. The highest BCUT2D eigenvalue weighted by atomic mass is 35.5. The molecule has 0 amide bonds. The van der Waals surface area contributed by atoms with Crippen molar-refractivity contribution in [1.82, 2.24) is 5.32 Å². The minimum absolute atomic E-state index is 0.381. The molecule has 1 aliphatic rings. The Kier molecular flexibility index (Phi) is 5.77. The molecule has 1 fully saturated rings. The number of hydrogen-bond donors (Lipinski definition) is 1. The van der Waals surface area contributed by atoms with E-state index in [-0.39, 0.29) is 0 Å². The lowest BCUT2D eigenvalue weighted by atomic mass is 9.73. The number of halogens is 2. The highest BCUT2D eigenvalue weighted by Gasteiger charge is 2.40. The van der Waals surface area contributed by atoms with Crippen molar-refractivity contribution in [3.05, 3.63) is 33.8 Å². The summed E-state index contributed by atoms with van der Waals surface area (Å²) in [5, 5.41) is 5.07. The minimum atomic E-state index is 0.381. The molecule has 0 spiro atoms. The molecular weight excluding hydrogens is 289 g/mol. The van der Waals surface area contributed by atoms with Crippen LogP contribution >= 0.6 is 23.2 Å². The van der Waals surface area contributed by atoms with Gasteiger partial charge in [-0.25, -0.2) is 0 Å². The molecule has 20 heavy (non-hydrogen) atoms. The summed E-state index contributed by atoms with van der Waals surface area (Å²) in [5.41, 5.74) is 1.67. The zero-order valence-electron chi connectivity index (χ0n) is 12.5. The molecule has 3 heteroatoms. The summed E-state index contributed by atoms with van der Waals surface area (Å²) < 4.78 is 0. The Morgan fingerprint density at radius 2 is 1.85 bits per heavy atom. The molecule has 0 radical (unpaired) electrons. The van der Waals surface area contributed by atoms with Crippen LogP contribution in [0, 0.1) is 5.41 Å². The molecule has 0 aromatic heterocycles. The minimum Gasteiger partial charge on any atom is -0.309 e. The molecule has 1 aromatic carbocycles. The van der Waals surface area contributed by atoms with Gasteiger partial charge in [0.2, 0.25) is 0 Å². The smallest absolute Gasteiger partial charge is 0.0595 e. The first-order valence-electron chi connectivity index (χ1n) is 7.81. The summed E-state index contributed by atoms with van der Waals surface area (Å²) in [7, 11) is 0. The normalized spacial score (nSPS) is 19.2. The highest BCUT2D eigenvalue weighted by Crippen LogP contribution is 2.50. The second kappa shape index (κ2) is 7.15. The maximum atomic E-state index is 6.23. The van der Waals surface area contributed by atoms with Crippen molar-refractivity contribution < 1.29 is 0 Å². The van der Waals surface area contributed by atoms with Gasteiger partial charge < -0.3 is 5.32 Å². The van der Waals surface area contributed by atoms with Gasteiger partial charge in [0.15, 0.2) is 0 Å². The highest BCUT2D eigenvalue weighted by molar-refractivity contribution is 6.42. The van der Waals surface area contributed by atoms with Gasteiger partial charge >= 0.3 is 0 Å².